The summed E-state index contributed by atoms with van der Waals surface area (Å²) in [6.07, 6.45) is 5.49. The van der Waals surface area contributed by atoms with Crippen molar-refractivity contribution in [3.05, 3.63) is 82.9 Å². The van der Waals surface area contributed by atoms with Gasteiger partial charge < -0.3 is 0 Å². The summed E-state index contributed by atoms with van der Waals surface area (Å²) in [4.78, 5) is 13.9. The van der Waals surface area contributed by atoms with Crippen LogP contribution in [-0.4, -0.2) is 5.78 Å². The molecule has 1 saturated carbocycles. The number of benzene rings is 2. The SMILES string of the molecule is C/C(Cl)=C/CC1(C)CCCC(c2ccccc2)(c2ccccc2)C1=O. The molecule has 0 bridgehead atoms. The van der Waals surface area contributed by atoms with Crippen molar-refractivity contribution in [3.63, 3.8) is 0 Å². The Morgan fingerprint density at radius 2 is 1.52 bits per heavy atom. The van der Waals surface area contributed by atoms with Gasteiger partial charge in [0.25, 0.3) is 0 Å². The van der Waals surface area contributed by atoms with Crippen LogP contribution in [0.4, 0.5) is 0 Å². The largest absolute Gasteiger partial charge is 0.298 e. The molecular formula is C23H25ClO. The molecule has 3 rings (SSSR count). The monoisotopic (exact) mass is 352 g/mol. The van der Waals surface area contributed by atoms with Crippen molar-refractivity contribution in [2.75, 3.05) is 0 Å². The molecule has 0 aliphatic heterocycles. The fourth-order valence-electron chi connectivity index (χ4n) is 4.21. The molecule has 1 nitrogen and oxygen atoms in total. The van der Waals surface area contributed by atoms with Gasteiger partial charge in [-0.15, -0.1) is 0 Å². The number of halogens is 1. The maximum atomic E-state index is 13.9. The highest BCUT2D eigenvalue weighted by Gasteiger charge is 2.52. The molecule has 25 heavy (non-hydrogen) atoms. The standard InChI is InChI=1S/C23H25ClO/c1-18(24)14-17-22(2)15-9-16-23(21(22)25,19-10-5-3-6-11-19)20-12-7-4-8-13-20/h3-8,10-14H,9,15-17H2,1-2H3/b18-14-. The van der Waals surface area contributed by atoms with Gasteiger partial charge in [0, 0.05) is 10.4 Å². The molecule has 0 spiro atoms. The predicted molar refractivity (Wildman–Crippen MR) is 105 cm³/mol. The highest BCUT2D eigenvalue weighted by Crippen LogP contribution is 2.50. The van der Waals surface area contributed by atoms with Crippen LogP contribution in [0, 0.1) is 5.41 Å². The second kappa shape index (κ2) is 7.17. The van der Waals surface area contributed by atoms with Crippen LogP contribution in [0.2, 0.25) is 0 Å². The summed E-state index contributed by atoms with van der Waals surface area (Å²) in [6.45, 7) is 3.98. The summed E-state index contributed by atoms with van der Waals surface area (Å²) in [5.74, 6) is 0.317. The number of allylic oxidation sites excluding steroid dienone is 2. The van der Waals surface area contributed by atoms with Gasteiger partial charge in [0.05, 0.1) is 5.41 Å². The van der Waals surface area contributed by atoms with Gasteiger partial charge >= 0.3 is 0 Å². The average molecular weight is 353 g/mol. The van der Waals surface area contributed by atoms with Crippen LogP contribution in [0.3, 0.4) is 0 Å². The number of carbonyl (C=O) groups is 1. The lowest BCUT2D eigenvalue weighted by Gasteiger charge is -2.45. The van der Waals surface area contributed by atoms with Crippen molar-refractivity contribution < 1.29 is 4.79 Å². The molecule has 2 aromatic rings. The first-order valence-electron chi connectivity index (χ1n) is 8.97. The Labute approximate surface area is 155 Å². The van der Waals surface area contributed by atoms with Crippen molar-refractivity contribution in [2.45, 2.75) is 44.9 Å². The highest BCUT2D eigenvalue weighted by atomic mass is 35.5. The first-order chi connectivity index (χ1) is 12.0. The zero-order chi connectivity index (χ0) is 17.9. The normalized spacial score (nSPS) is 23.5. The minimum absolute atomic E-state index is 0.317. The smallest absolute Gasteiger partial charge is 0.153 e. The van der Waals surface area contributed by atoms with E-state index in [2.05, 4.69) is 31.2 Å². The third kappa shape index (κ3) is 3.30. The van der Waals surface area contributed by atoms with Gasteiger partial charge in [-0.05, 0) is 37.3 Å². The predicted octanol–water partition coefficient (Wildman–Crippen LogP) is 6.26. The van der Waals surface area contributed by atoms with Crippen LogP contribution in [0.5, 0.6) is 0 Å². The van der Waals surface area contributed by atoms with E-state index < -0.39 is 5.41 Å². The third-order valence-corrected chi connectivity index (χ3v) is 5.74. The summed E-state index contributed by atoms with van der Waals surface area (Å²) in [6, 6.07) is 20.5. The van der Waals surface area contributed by atoms with E-state index in [0.29, 0.717) is 12.2 Å². The number of Topliss-reactive ketones (excluding diaryl/α,β-unsaturated/α-hetero) is 1. The molecule has 0 heterocycles. The second-order valence-electron chi connectivity index (χ2n) is 7.38. The Morgan fingerprint density at radius 1 is 1.00 bits per heavy atom. The minimum Gasteiger partial charge on any atom is -0.298 e. The summed E-state index contributed by atoms with van der Waals surface area (Å²) in [5.41, 5.74) is 1.25. The van der Waals surface area contributed by atoms with Gasteiger partial charge in [-0.1, -0.05) is 91.7 Å². The summed E-state index contributed by atoms with van der Waals surface area (Å²) in [7, 11) is 0. The summed E-state index contributed by atoms with van der Waals surface area (Å²) in [5, 5.41) is 0.754. The average Bonchev–Trinajstić information content (AvgIpc) is 2.64. The molecule has 0 N–H and O–H groups in total. The Morgan fingerprint density at radius 3 is 2.00 bits per heavy atom. The first-order valence-corrected chi connectivity index (χ1v) is 9.35. The van der Waals surface area contributed by atoms with E-state index in [4.69, 9.17) is 11.6 Å². The van der Waals surface area contributed by atoms with Gasteiger partial charge in [-0.25, -0.2) is 0 Å². The molecule has 0 amide bonds. The van der Waals surface area contributed by atoms with Crippen LogP contribution in [0.15, 0.2) is 71.8 Å². The number of hydrogen-bond donors (Lipinski definition) is 0. The Bertz CT molecular complexity index is 720. The minimum atomic E-state index is -0.566. The van der Waals surface area contributed by atoms with E-state index in [1.807, 2.05) is 49.4 Å². The Hall–Kier alpha value is -1.86. The molecule has 2 aromatic carbocycles. The molecule has 2 heteroatoms. The van der Waals surface area contributed by atoms with Crippen LogP contribution in [-0.2, 0) is 10.2 Å². The molecule has 1 atom stereocenters. The molecule has 0 saturated heterocycles. The van der Waals surface area contributed by atoms with Crippen molar-refractivity contribution >= 4 is 17.4 Å². The maximum absolute atomic E-state index is 13.9. The topological polar surface area (TPSA) is 17.1 Å². The zero-order valence-electron chi connectivity index (χ0n) is 15.0. The quantitative estimate of drug-likeness (QED) is 0.634. The van der Waals surface area contributed by atoms with Gasteiger partial charge in [-0.3, -0.25) is 4.79 Å². The highest BCUT2D eigenvalue weighted by molar-refractivity contribution is 6.29. The number of rotatable bonds is 4. The van der Waals surface area contributed by atoms with E-state index in [1.165, 1.54) is 0 Å². The van der Waals surface area contributed by atoms with Gasteiger partial charge in [0.2, 0.25) is 0 Å². The van der Waals surface area contributed by atoms with Crippen molar-refractivity contribution in [3.8, 4) is 0 Å². The lowest BCUT2D eigenvalue weighted by Crippen LogP contribution is -2.49. The van der Waals surface area contributed by atoms with Gasteiger partial charge in [0.1, 0.15) is 0 Å². The molecule has 1 aliphatic rings. The van der Waals surface area contributed by atoms with E-state index >= 15 is 0 Å². The lowest BCUT2D eigenvalue weighted by atomic mass is 9.55. The molecule has 130 valence electrons. The van der Waals surface area contributed by atoms with E-state index in [-0.39, 0.29) is 5.41 Å². The molecule has 0 radical (unpaired) electrons. The summed E-state index contributed by atoms with van der Waals surface area (Å²) >= 11 is 6.06. The Balaban J connectivity index is 2.15. The fourth-order valence-corrected chi connectivity index (χ4v) is 4.29. The first kappa shape index (κ1) is 17.9. The summed E-state index contributed by atoms with van der Waals surface area (Å²) < 4.78 is 0. The molecular weight excluding hydrogens is 328 g/mol. The molecule has 1 aliphatic carbocycles. The van der Waals surface area contributed by atoms with Gasteiger partial charge in [-0.2, -0.15) is 0 Å². The molecule has 0 aromatic heterocycles. The van der Waals surface area contributed by atoms with Crippen molar-refractivity contribution in [1.29, 1.82) is 0 Å². The molecule has 1 fully saturated rings. The van der Waals surface area contributed by atoms with Crippen LogP contribution < -0.4 is 0 Å². The Kier molecular flexibility index (Phi) is 5.15. The lowest BCUT2D eigenvalue weighted by molar-refractivity contribution is -0.135. The van der Waals surface area contributed by atoms with E-state index in [9.17, 15) is 4.79 Å². The fraction of sp³-hybridized carbons (Fsp3) is 0.348. The maximum Gasteiger partial charge on any atom is 0.153 e. The van der Waals surface area contributed by atoms with Crippen LogP contribution >= 0.6 is 11.6 Å². The van der Waals surface area contributed by atoms with Crippen LogP contribution in [0.25, 0.3) is 0 Å². The second-order valence-corrected chi connectivity index (χ2v) is 7.97. The zero-order valence-corrected chi connectivity index (χ0v) is 15.7. The van der Waals surface area contributed by atoms with E-state index in [0.717, 1.165) is 35.4 Å². The van der Waals surface area contributed by atoms with Gasteiger partial charge in [0.15, 0.2) is 5.78 Å². The molecule has 1 unspecified atom stereocenters. The number of hydrogen-bond acceptors (Lipinski definition) is 1. The third-order valence-electron chi connectivity index (χ3n) is 5.58. The van der Waals surface area contributed by atoms with Crippen LogP contribution in [0.1, 0.15) is 50.7 Å². The van der Waals surface area contributed by atoms with E-state index in [1.54, 1.807) is 0 Å². The number of carbonyl (C=O) groups excluding carboxylic acids is 1. The van der Waals surface area contributed by atoms with Crippen molar-refractivity contribution in [1.82, 2.24) is 0 Å². The number of ketones is 1. The van der Waals surface area contributed by atoms with Crippen molar-refractivity contribution in [2.24, 2.45) is 5.41 Å².